The van der Waals surface area contributed by atoms with Gasteiger partial charge >= 0.3 is 0 Å². The van der Waals surface area contributed by atoms with Crippen molar-refractivity contribution in [2.75, 3.05) is 12.3 Å². The molecule has 0 aliphatic heterocycles. The molecule has 0 unspecified atom stereocenters. The Kier molecular flexibility index (Phi) is 4.46. The monoisotopic (exact) mass is 358 g/mol. The molecule has 0 aliphatic rings. The number of anilines is 1. The van der Waals surface area contributed by atoms with E-state index in [1.165, 1.54) is 6.07 Å². The van der Waals surface area contributed by atoms with Crippen LogP contribution in [0.15, 0.2) is 39.8 Å². The molecule has 1 heterocycles. The van der Waals surface area contributed by atoms with Crippen molar-refractivity contribution in [3.05, 3.63) is 40.6 Å². The first-order chi connectivity index (χ1) is 9.40. The van der Waals surface area contributed by atoms with Crippen molar-refractivity contribution in [3.63, 3.8) is 0 Å². The van der Waals surface area contributed by atoms with E-state index in [1.54, 1.807) is 23.0 Å². The number of rotatable bonds is 5. The fourth-order valence-corrected chi connectivity index (χ4v) is 3.32. The van der Waals surface area contributed by atoms with Crippen molar-refractivity contribution in [1.82, 2.24) is 14.5 Å². The Bertz CT molecular complexity index is 712. The van der Waals surface area contributed by atoms with Gasteiger partial charge in [0.1, 0.15) is 4.90 Å². The van der Waals surface area contributed by atoms with Gasteiger partial charge in [-0.05, 0) is 24.3 Å². The predicted molar refractivity (Wildman–Crippen MR) is 80.7 cm³/mol. The molecule has 108 valence electrons. The van der Waals surface area contributed by atoms with Gasteiger partial charge in [-0.3, -0.25) is 4.68 Å². The van der Waals surface area contributed by atoms with E-state index in [1.807, 2.05) is 13.1 Å². The summed E-state index contributed by atoms with van der Waals surface area (Å²) in [5.74, 6) is 0. The molecule has 0 saturated heterocycles. The predicted octanol–water partition coefficient (Wildman–Crippen LogP) is 1.29. The van der Waals surface area contributed by atoms with Crippen molar-refractivity contribution in [1.29, 1.82) is 0 Å². The molecule has 8 heteroatoms. The molecule has 0 fully saturated rings. The second-order valence-corrected chi connectivity index (χ2v) is 6.93. The van der Waals surface area contributed by atoms with Crippen LogP contribution in [-0.4, -0.2) is 24.7 Å². The third-order valence-electron chi connectivity index (χ3n) is 2.86. The summed E-state index contributed by atoms with van der Waals surface area (Å²) in [4.78, 5) is 0.0886. The number of aryl methyl sites for hydroxylation is 1. The van der Waals surface area contributed by atoms with Crippen LogP contribution in [0.1, 0.15) is 5.69 Å². The summed E-state index contributed by atoms with van der Waals surface area (Å²) >= 11 is 3.24. The number of nitrogens with zero attached hydrogens (tertiary/aromatic N) is 2. The van der Waals surface area contributed by atoms with Gasteiger partial charge in [-0.1, -0.05) is 15.9 Å². The summed E-state index contributed by atoms with van der Waals surface area (Å²) in [7, 11) is -1.78. The first-order valence-corrected chi connectivity index (χ1v) is 8.19. The maximum atomic E-state index is 12.1. The number of sulfonamides is 1. The van der Waals surface area contributed by atoms with Crippen LogP contribution < -0.4 is 10.5 Å². The van der Waals surface area contributed by atoms with Gasteiger partial charge in [-0.25, -0.2) is 13.1 Å². The molecule has 0 aliphatic carbocycles. The molecular weight excluding hydrogens is 344 g/mol. The normalized spacial score (nSPS) is 11.7. The van der Waals surface area contributed by atoms with E-state index in [-0.39, 0.29) is 17.1 Å². The lowest BCUT2D eigenvalue weighted by atomic mass is 10.3. The SMILES string of the molecule is Cn1nccc1CCNS(=O)(=O)c1ccc(Br)cc1N. The Hall–Kier alpha value is -1.38. The molecule has 0 radical (unpaired) electrons. The minimum Gasteiger partial charge on any atom is -0.398 e. The van der Waals surface area contributed by atoms with Gasteiger partial charge in [0.15, 0.2) is 0 Å². The van der Waals surface area contributed by atoms with Crippen molar-refractivity contribution in [2.24, 2.45) is 7.05 Å². The Morgan fingerprint density at radius 3 is 2.75 bits per heavy atom. The number of nitrogens with one attached hydrogen (secondary N) is 1. The van der Waals surface area contributed by atoms with Crippen LogP contribution in [0.4, 0.5) is 5.69 Å². The number of benzene rings is 1. The Balaban J connectivity index is 2.06. The van der Waals surface area contributed by atoms with Gasteiger partial charge in [-0.15, -0.1) is 0 Å². The zero-order valence-electron chi connectivity index (χ0n) is 10.9. The van der Waals surface area contributed by atoms with Gasteiger partial charge in [0.25, 0.3) is 0 Å². The fourth-order valence-electron chi connectivity index (χ4n) is 1.80. The number of nitrogen functional groups attached to an aromatic ring is 1. The number of nitrogens with two attached hydrogens (primary N) is 1. The summed E-state index contributed by atoms with van der Waals surface area (Å²) in [6.07, 6.45) is 2.24. The second-order valence-electron chi connectivity index (χ2n) is 4.28. The van der Waals surface area contributed by atoms with Crippen LogP contribution in [0.3, 0.4) is 0 Å². The molecule has 20 heavy (non-hydrogen) atoms. The highest BCUT2D eigenvalue weighted by Gasteiger charge is 2.17. The quantitative estimate of drug-likeness (QED) is 0.787. The van der Waals surface area contributed by atoms with Gasteiger partial charge in [0.05, 0.1) is 5.69 Å². The summed E-state index contributed by atoms with van der Waals surface area (Å²) in [6, 6.07) is 6.54. The highest BCUT2D eigenvalue weighted by Crippen LogP contribution is 2.22. The molecule has 0 bridgehead atoms. The summed E-state index contributed by atoms with van der Waals surface area (Å²) in [5.41, 5.74) is 6.90. The third kappa shape index (κ3) is 3.38. The number of hydrogen-bond donors (Lipinski definition) is 2. The lowest BCUT2D eigenvalue weighted by Crippen LogP contribution is -2.27. The van der Waals surface area contributed by atoms with E-state index >= 15 is 0 Å². The standard InChI is InChI=1S/C12H15BrN4O2S/c1-17-10(4-6-15-17)5-7-16-20(18,19)12-3-2-9(13)8-11(12)14/h2-4,6,8,16H,5,7,14H2,1H3. The van der Waals surface area contributed by atoms with E-state index in [4.69, 9.17) is 5.73 Å². The summed E-state index contributed by atoms with van der Waals surface area (Å²) in [5, 5.41) is 4.03. The van der Waals surface area contributed by atoms with Crippen LogP contribution >= 0.6 is 15.9 Å². The Labute approximate surface area is 126 Å². The lowest BCUT2D eigenvalue weighted by Gasteiger charge is -2.09. The summed E-state index contributed by atoms with van der Waals surface area (Å²) in [6.45, 7) is 0.289. The van der Waals surface area contributed by atoms with E-state index in [0.29, 0.717) is 6.42 Å². The molecule has 0 saturated carbocycles. The molecule has 6 nitrogen and oxygen atoms in total. The van der Waals surface area contributed by atoms with Crippen molar-refractivity contribution in [3.8, 4) is 0 Å². The zero-order valence-corrected chi connectivity index (χ0v) is 13.3. The average molecular weight is 359 g/mol. The zero-order chi connectivity index (χ0) is 14.8. The van der Waals surface area contributed by atoms with Crippen LogP contribution in [-0.2, 0) is 23.5 Å². The van der Waals surface area contributed by atoms with E-state index < -0.39 is 10.0 Å². The molecule has 2 aromatic rings. The maximum absolute atomic E-state index is 12.1. The van der Waals surface area contributed by atoms with E-state index in [0.717, 1.165) is 10.2 Å². The van der Waals surface area contributed by atoms with Crippen LogP contribution in [0, 0.1) is 0 Å². The topological polar surface area (TPSA) is 90.0 Å². The molecule has 1 aromatic carbocycles. The Morgan fingerprint density at radius 2 is 2.15 bits per heavy atom. The molecule has 0 atom stereocenters. The second kappa shape index (κ2) is 5.94. The minimum absolute atomic E-state index is 0.0886. The largest absolute Gasteiger partial charge is 0.398 e. The smallest absolute Gasteiger partial charge is 0.242 e. The van der Waals surface area contributed by atoms with Crippen LogP contribution in [0.5, 0.6) is 0 Å². The molecule has 2 rings (SSSR count). The number of halogens is 1. The molecule has 1 aromatic heterocycles. The molecule has 3 N–H and O–H groups in total. The van der Waals surface area contributed by atoms with Crippen molar-refractivity contribution < 1.29 is 8.42 Å². The average Bonchev–Trinajstić information content (AvgIpc) is 2.74. The molecule has 0 amide bonds. The molecule has 0 spiro atoms. The maximum Gasteiger partial charge on any atom is 0.242 e. The Morgan fingerprint density at radius 1 is 1.40 bits per heavy atom. The summed E-state index contributed by atoms with van der Waals surface area (Å²) < 4.78 is 29.3. The number of aromatic nitrogens is 2. The van der Waals surface area contributed by atoms with Gasteiger partial charge in [0.2, 0.25) is 10.0 Å². The highest BCUT2D eigenvalue weighted by atomic mass is 79.9. The van der Waals surface area contributed by atoms with Crippen molar-refractivity contribution >= 4 is 31.6 Å². The third-order valence-corrected chi connectivity index (χ3v) is 4.89. The molecular formula is C12H15BrN4O2S. The lowest BCUT2D eigenvalue weighted by molar-refractivity contribution is 0.580. The highest BCUT2D eigenvalue weighted by molar-refractivity contribution is 9.10. The van der Waals surface area contributed by atoms with Crippen molar-refractivity contribution in [2.45, 2.75) is 11.3 Å². The van der Waals surface area contributed by atoms with Crippen LogP contribution in [0.25, 0.3) is 0 Å². The van der Waals surface area contributed by atoms with Gasteiger partial charge in [-0.2, -0.15) is 5.10 Å². The first-order valence-electron chi connectivity index (χ1n) is 5.92. The first kappa shape index (κ1) is 15.0. The van der Waals surface area contributed by atoms with E-state index in [2.05, 4.69) is 25.8 Å². The van der Waals surface area contributed by atoms with Crippen LogP contribution in [0.2, 0.25) is 0 Å². The minimum atomic E-state index is -3.60. The fraction of sp³-hybridized carbons (Fsp3) is 0.250. The van der Waals surface area contributed by atoms with Gasteiger partial charge < -0.3 is 5.73 Å². The number of hydrogen-bond acceptors (Lipinski definition) is 4. The van der Waals surface area contributed by atoms with E-state index in [9.17, 15) is 8.42 Å². The van der Waals surface area contributed by atoms with Gasteiger partial charge in [0, 0.05) is 36.4 Å².